The zero-order valence-electron chi connectivity index (χ0n) is 14.2. The Morgan fingerprint density at radius 2 is 1.58 bits per heavy atom. The molecule has 26 heavy (non-hydrogen) atoms. The van der Waals surface area contributed by atoms with Crippen LogP contribution in [-0.4, -0.2) is 47.5 Å². The van der Waals surface area contributed by atoms with E-state index in [-0.39, 0.29) is 13.2 Å². The molecule has 6 nitrogen and oxygen atoms in total. The van der Waals surface area contributed by atoms with Crippen LogP contribution in [-0.2, 0) is 25.6 Å². The Hall–Kier alpha value is -1.80. The van der Waals surface area contributed by atoms with Crippen molar-refractivity contribution in [3.8, 4) is 0 Å². The van der Waals surface area contributed by atoms with Gasteiger partial charge in [0.25, 0.3) is 0 Å². The van der Waals surface area contributed by atoms with Gasteiger partial charge in [-0.3, -0.25) is 0 Å². The lowest BCUT2D eigenvalue weighted by atomic mass is 9.98. The highest BCUT2D eigenvalue weighted by molar-refractivity contribution is 5.17. The van der Waals surface area contributed by atoms with Crippen LogP contribution in [0.15, 0.2) is 60.7 Å². The molecule has 4 rings (SSSR count). The lowest BCUT2D eigenvalue weighted by molar-refractivity contribution is -0.362. The second kappa shape index (κ2) is 7.84. The van der Waals surface area contributed by atoms with Crippen LogP contribution >= 0.6 is 0 Å². The minimum Gasteiger partial charge on any atom is -0.387 e. The Bertz CT molecular complexity index is 692. The van der Waals surface area contributed by atoms with Gasteiger partial charge in [0.1, 0.15) is 24.4 Å². The second-order valence-corrected chi connectivity index (χ2v) is 6.50. The summed E-state index contributed by atoms with van der Waals surface area (Å²) < 4.78 is 23.1. The monoisotopic (exact) mass is 358 g/mol. The maximum atomic E-state index is 10.5. The molecular formula is C20H22O6. The Kier molecular flexibility index (Phi) is 5.31. The summed E-state index contributed by atoms with van der Waals surface area (Å²) in [6.45, 7) is 0.528. The zero-order valence-corrected chi connectivity index (χ0v) is 14.2. The van der Waals surface area contributed by atoms with Crippen molar-refractivity contribution in [1.82, 2.24) is 0 Å². The fourth-order valence-electron chi connectivity index (χ4n) is 3.25. The number of aliphatic hydroxyl groups is 2. The van der Waals surface area contributed by atoms with Gasteiger partial charge in [-0.15, -0.1) is 0 Å². The molecule has 2 aromatic rings. The largest absolute Gasteiger partial charge is 0.387 e. The van der Waals surface area contributed by atoms with E-state index in [0.717, 1.165) is 11.1 Å². The van der Waals surface area contributed by atoms with Gasteiger partial charge in [-0.05, 0) is 5.56 Å². The third-order valence-electron chi connectivity index (χ3n) is 4.66. The summed E-state index contributed by atoms with van der Waals surface area (Å²) in [5.74, 6) is 0. The molecule has 0 aliphatic carbocycles. The first-order valence-corrected chi connectivity index (χ1v) is 8.71. The molecule has 6 atom stereocenters. The van der Waals surface area contributed by atoms with E-state index in [1.807, 2.05) is 60.7 Å². The number of rotatable bonds is 4. The van der Waals surface area contributed by atoms with E-state index in [0.29, 0.717) is 0 Å². The van der Waals surface area contributed by atoms with Gasteiger partial charge in [0.2, 0.25) is 0 Å². The summed E-state index contributed by atoms with van der Waals surface area (Å²) in [6.07, 6.45) is -5.04. The predicted molar refractivity (Wildman–Crippen MR) is 91.9 cm³/mol. The van der Waals surface area contributed by atoms with E-state index in [1.54, 1.807) is 0 Å². The van der Waals surface area contributed by atoms with E-state index >= 15 is 0 Å². The summed E-state index contributed by atoms with van der Waals surface area (Å²) in [7, 11) is 0. The lowest BCUT2D eigenvalue weighted by Gasteiger charge is -2.46. The number of ether oxygens (including phenoxy) is 4. The minimum atomic E-state index is -1.20. The molecule has 2 N–H and O–H groups in total. The average Bonchev–Trinajstić information content (AvgIpc) is 2.71. The molecule has 0 unspecified atom stereocenters. The van der Waals surface area contributed by atoms with E-state index in [2.05, 4.69) is 0 Å². The summed E-state index contributed by atoms with van der Waals surface area (Å²) >= 11 is 0. The maximum Gasteiger partial charge on any atom is 0.187 e. The van der Waals surface area contributed by atoms with Crippen LogP contribution in [0.1, 0.15) is 17.4 Å². The predicted octanol–water partition coefficient (Wildman–Crippen LogP) is 1.76. The van der Waals surface area contributed by atoms with Crippen molar-refractivity contribution >= 4 is 0 Å². The topological polar surface area (TPSA) is 77.4 Å². The van der Waals surface area contributed by atoms with Gasteiger partial charge in [-0.25, -0.2) is 0 Å². The molecule has 2 aliphatic rings. The lowest BCUT2D eigenvalue weighted by Crippen LogP contribution is -2.62. The quantitative estimate of drug-likeness (QED) is 0.867. The molecular weight excluding hydrogens is 336 g/mol. The Morgan fingerprint density at radius 3 is 2.31 bits per heavy atom. The highest BCUT2D eigenvalue weighted by Crippen LogP contribution is 2.34. The molecule has 2 fully saturated rings. The third kappa shape index (κ3) is 3.66. The SMILES string of the molecule is O[C@@H]1[C@@H](O)[C@H](OCc2ccccc2)O[C@@H]2CO[C@H](c3ccccc3)O[C@@H]12. The van der Waals surface area contributed by atoms with Crippen molar-refractivity contribution in [2.24, 2.45) is 0 Å². The molecule has 138 valence electrons. The molecule has 2 aliphatic heterocycles. The van der Waals surface area contributed by atoms with Crippen LogP contribution in [0.3, 0.4) is 0 Å². The van der Waals surface area contributed by atoms with Crippen molar-refractivity contribution < 1.29 is 29.2 Å². The van der Waals surface area contributed by atoms with E-state index < -0.39 is 37.0 Å². The molecule has 2 saturated heterocycles. The number of aliphatic hydroxyl groups excluding tert-OH is 2. The van der Waals surface area contributed by atoms with Crippen LogP contribution in [0.5, 0.6) is 0 Å². The van der Waals surface area contributed by atoms with Crippen molar-refractivity contribution in [2.75, 3.05) is 6.61 Å². The Morgan fingerprint density at radius 1 is 0.885 bits per heavy atom. The van der Waals surface area contributed by atoms with Gasteiger partial charge in [0.15, 0.2) is 12.6 Å². The van der Waals surface area contributed by atoms with Gasteiger partial charge in [0.05, 0.1) is 13.2 Å². The average molecular weight is 358 g/mol. The summed E-state index contributed by atoms with van der Waals surface area (Å²) in [5.41, 5.74) is 1.82. The van der Waals surface area contributed by atoms with E-state index in [9.17, 15) is 10.2 Å². The fourth-order valence-corrected chi connectivity index (χ4v) is 3.25. The molecule has 0 radical (unpaired) electrons. The first kappa shape index (κ1) is 17.6. The van der Waals surface area contributed by atoms with Crippen molar-refractivity contribution in [2.45, 2.75) is 43.6 Å². The number of fused-ring (bicyclic) bond motifs is 1. The van der Waals surface area contributed by atoms with Crippen LogP contribution < -0.4 is 0 Å². The third-order valence-corrected chi connectivity index (χ3v) is 4.66. The number of benzene rings is 2. The van der Waals surface area contributed by atoms with Crippen LogP contribution in [0.2, 0.25) is 0 Å². The van der Waals surface area contributed by atoms with Crippen LogP contribution in [0.25, 0.3) is 0 Å². The smallest absolute Gasteiger partial charge is 0.187 e. The van der Waals surface area contributed by atoms with Crippen molar-refractivity contribution in [3.63, 3.8) is 0 Å². The summed E-state index contributed by atoms with van der Waals surface area (Å²) in [4.78, 5) is 0. The highest BCUT2D eigenvalue weighted by Gasteiger charge is 2.49. The van der Waals surface area contributed by atoms with Gasteiger partial charge in [-0.1, -0.05) is 60.7 Å². The van der Waals surface area contributed by atoms with Gasteiger partial charge < -0.3 is 29.2 Å². The van der Waals surface area contributed by atoms with Crippen molar-refractivity contribution in [1.29, 1.82) is 0 Å². The van der Waals surface area contributed by atoms with E-state index in [4.69, 9.17) is 18.9 Å². The molecule has 0 amide bonds. The zero-order chi connectivity index (χ0) is 17.9. The van der Waals surface area contributed by atoms with Crippen LogP contribution in [0.4, 0.5) is 0 Å². The van der Waals surface area contributed by atoms with Gasteiger partial charge in [-0.2, -0.15) is 0 Å². The molecule has 0 spiro atoms. The first-order chi connectivity index (χ1) is 12.7. The molecule has 2 aromatic carbocycles. The molecule has 6 heteroatoms. The fraction of sp³-hybridized carbons (Fsp3) is 0.400. The molecule has 0 saturated carbocycles. The highest BCUT2D eigenvalue weighted by atomic mass is 16.8. The van der Waals surface area contributed by atoms with Crippen molar-refractivity contribution in [3.05, 3.63) is 71.8 Å². The number of hydrogen-bond acceptors (Lipinski definition) is 6. The normalized spacial score (nSPS) is 34.2. The first-order valence-electron chi connectivity index (χ1n) is 8.71. The minimum absolute atomic E-state index is 0.249. The standard InChI is InChI=1S/C20H22O6/c21-16-17(22)20(23-11-13-7-3-1-4-8-13)25-15-12-24-19(26-18(15)16)14-9-5-2-6-10-14/h1-10,15-22H,11-12H2/t15-,16-,17-,18-,19+,20-/m1/s1. The summed E-state index contributed by atoms with van der Waals surface area (Å²) in [5, 5.41) is 20.9. The number of hydrogen-bond donors (Lipinski definition) is 2. The molecule has 0 bridgehead atoms. The van der Waals surface area contributed by atoms with Crippen LogP contribution in [0, 0.1) is 0 Å². The Balaban J connectivity index is 1.40. The maximum absolute atomic E-state index is 10.5. The van der Waals surface area contributed by atoms with Gasteiger partial charge >= 0.3 is 0 Å². The second-order valence-electron chi connectivity index (χ2n) is 6.50. The molecule has 0 aromatic heterocycles. The Labute approximate surface area is 151 Å². The summed E-state index contributed by atoms with van der Waals surface area (Å²) in [6, 6.07) is 19.1. The van der Waals surface area contributed by atoms with Gasteiger partial charge in [0, 0.05) is 5.56 Å². The van der Waals surface area contributed by atoms with E-state index in [1.165, 1.54) is 0 Å². The molecule has 2 heterocycles.